The van der Waals surface area contributed by atoms with Crippen LogP contribution < -0.4 is 5.69 Å². The van der Waals surface area contributed by atoms with Gasteiger partial charge in [0.1, 0.15) is 11.5 Å². The number of hydrogen-bond acceptors (Lipinski definition) is 3. The molecule has 0 saturated carbocycles. The molecule has 0 saturated heterocycles. The maximum Gasteiger partial charge on any atom is 0.355 e. The molecule has 3 rings (SSSR count). The lowest BCUT2D eigenvalue weighted by Crippen LogP contribution is -2.25. The topological polar surface area (TPSA) is 39.8 Å². The van der Waals surface area contributed by atoms with Crippen LogP contribution in [0.5, 0.6) is 0 Å². The second-order valence-electron chi connectivity index (χ2n) is 4.91. The van der Waals surface area contributed by atoms with Crippen molar-refractivity contribution in [3.8, 4) is 16.8 Å². The summed E-state index contributed by atoms with van der Waals surface area (Å²) >= 11 is 14.2. The Hall–Kier alpha value is -1.10. The summed E-state index contributed by atoms with van der Waals surface area (Å²) in [5, 5.41) is 3.86. The summed E-state index contributed by atoms with van der Waals surface area (Å²) in [6.07, 6.45) is 0. The van der Waals surface area contributed by atoms with E-state index in [9.17, 15) is 18.0 Å². The highest BCUT2D eigenvalue weighted by atomic mass is 79.9. The number of thiophene rings is 1. The molecular weight excluding hydrogens is 510 g/mol. The van der Waals surface area contributed by atoms with Crippen molar-refractivity contribution in [2.24, 2.45) is 0 Å². The van der Waals surface area contributed by atoms with Gasteiger partial charge in [-0.3, -0.25) is 0 Å². The van der Waals surface area contributed by atoms with E-state index in [0.29, 0.717) is 15.8 Å². The lowest BCUT2D eigenvalue weighted by atomic mass is 10.1. The molecule has 0 bridgehead atoms. The highest BCUT2D eigenvalue weighted by molar-refractivity contribution is 9.12. The van der Waals surface area contributed by atoms with Crippen molar-refractivity contribution in [2.75, 3.05) is 0 Å². The van der Waals surface area contributed by atoms with Gasteiger partial charge < -0.3 is 0 Å². The summed E-state index contributed by atoms with van der Waals surface area (Å²) in [5.74, 6) is -1.07. The molecule has 4 nitrogen and oxygen atoms in total. The number of rotatable bonds is 3. The zero-order valence-corrected chi connectivity index (χ0v) is 17.0. The third-order valence-electron chi connectivity index (χ3n) is 3.39. The van der Waals surface area contributed by atoms with Crippen LogP contribution in [0, 0.1) is 12.7 Å². The van der Waals surface area contributed by atoms with E-state index in [-0.39, 0.29) is 21.1 Å². The monoisotopic (exact) mass is 515 g/mol. The molecule has 0 aliphatic heterocycles. The van der Waals surface area contributed by atoms with E-state index >= 15 is 0 Å². The molecule has 0 N–H and O–H groups in total. The van der Waals surface area contributed by atoms with Gasteiger partial charge in [-0.2, -0.15) is 13.5 Å². The van der Waals surface area contributed by atoms with Crippen molar-refractivity contribution in [3.05, 3.63) is 52.9 Å². The van der Waals surface area contributed by atoms with Crippen molar-refractivity contribution in [1.82, 2.24) is 14.3 Å². The molecule has 0 radical (unpaired) electrons. The van der Waals surface area contributed by atoms with E-state index < -0.39 is 18.1 Å². The summed E-state index contributed by atoms with van der Waals surface area (Å²) in [5.41, 5.74) is -0.296. The molecular formula is C14H7Br2ClF3N3OS. The van der Waals surface area contributed by atoms with Crippen LogP contribution in [0.1, 0.15) is 12.4 Å². The lowest BCUT2D eigenvalue weighted by Gasteiger charge is -2.08. The third kappa shape index (κ3) is 3.32. The van der Waals surface area contributed by atoms with Gasteiger partial charge in [0.05, 0.1) is 12.6 Å². The van der Waals surface area contributed by atoms with Crippen molar-refractivity contribution >= 4 is 54.8 Å². The largest absolute Gasteiger partial charge is 0.355 e. The molecule has 0 aliphatic carbocycles. The maximum atomic E-state index is 14.4. The predicted molar refractivity (Wildman–Crippen MR) is 97.5 cm³/mol. The van der Waals surface area contributed by atoms with E-state index in [2.05, 4.69) is 37.0 Å². The fraction of sp³-hybridized carbons (Fsp3) is 0.143. The summed E-state index contributed by atoms with van der Waals surface area (Å²) < 4.78 is 42.6. The highest BCUT2D eigenvalue weighted by Gasteiger charge is 2.22. The van der Waals surface area contributed by atoms with E-state index in [1.54, 1.807) is 6.07 Å². The Kier molecular flexibility index (Phi) is 5.16. The van der Waals surface area contributed by atoms with Crippen molar-refractivity contribution in [3.63, 3.8) is 0 Å². The molecule has 0 amide bonds. The minimum Gasteiger partial charge on any atom is -0.245 e. The minimum absolute atomic E-state index is 0.116. The number of aryl methyl sites for hydroxylation is 1. The Labute approximate surface area is 165 Å². The highest BCUT2D eigenvalue weighted by Crippen LogP contribution is 2.42. The van der Waals surface area contributed by atoms with E-state index in [1.165, 1.54) is 24.3 Å². The first-order chi connectivity index (χ1) is 11.7. The molecule has 0 aliphatic rings. The van der Waals surface area contributed by atoms with E-state index in [0.717, 1.165) is 13.6 Å². The van der Waals surface area contributed by atoms with Crippen LogP contribution in [0.15, 0.2) is 30.6 Å². The summed E-state index contributed by atoms with van der Waals surface area (Å²) in [6, 6.07) is 4.09. The van der Waals surface area contributed by atoms with Crippen LogP contribution in [0.3, 0.4) is 0 Å². The van der Waals surface area contributed by atoms with E-state index in [1.807, 2.05) is 0 Å². The zero-order valence-electron chi connectivity index (χ0n) is 12.2. The quantitative estimate of drug-likeness (QED) is 0.442. The zero-order chi connectivity index (χ0) is 18.5. The second kappa shape index (κ2) is 6.90. The fourth-order valence-electron chi connectivity index (χ4n) is 2.29. The van der Waals surface area contributed by atoms with Crippen LogP contribution in [0.4, 0.5) is 13.2 Å². The fourth-order valence-corrected chi connectivity index (χ4v) is 5.38. The number of nitrogens with zero attached hydrogens (tertiary/aromatic N) is 3. The molecule has 2 heterocycles. The molecule has 25 heavy (non-hydrogen) atoms. The Morgan fingerprint density at radius 3 is 2.44 bits per heavy atom. The Bertz CT molecular complexity index is 1030. The van der Waals surface area contributed by atoms with Crippen molar-refractivity contribution in [1.29, 1.82) is 0 Å². The predicted octanol–water partition coefficient (Wildman–Crippen LogP) is 5.78. The van der Waals surface area contributed by atoms with E-state index in [4.69, 9.17) is 11.6 Å². The number of aromatic nitrogens is 3. The van der Waals surface area contributed by atoms with Crippen molar-refractivity contribution in [2.45, 2.75) is 13.5 Å². The smallest absolute Gasteiger partial charge is 0.245 e. The Morgan fingerprint density at radius 1 is 1.24 bits per heavy atom. The van der Waals surface area contributed by atoms with Crippen LogP contribution in [0.2, 0.25) is 5.02 Å². The summed E-state index contributed by atoms with van der Waals surface area (Å²) in [4.78, 5) is 12.2. The molecule has 2 aromatic heterocycles. The standard InChI is InChI=1S/C14H7Br2ClF3N3OS/c1-5-21-23(14(24)22(5)13(19)20)10-2-6(8(17)4-9(10)18)7-3-11(15)25-12(7)16/h2-4,13H,1H3. The van der Waals surface area contributed by atoms with Crippen LogP contribution >= 0.6 is 54.8 Å². The number of benzene rings is 1. The van der Waals surface area contributed by atoms with Gasteiger partial charge in [-0.05, 0) is 57.0 Å². The van der Waals surface area contributed by atoms with Gasteiger partial charge in [0, 0.05) is 11.1 Å². The van der Waals surface area contributed by atoms with Crippen LogP contribution in [-0.4, -0.2) is 14.3 Å². The first-order valence-corrected chi connectivity index (χ1v) is 9.39. The van der Waals surface area contributed by atoms with Gasteiger partial charge in [-0.15, -0.1) is 16.4 Å². The molecule has 3 aromatic rings. The maximum absolute atomic E-state index is 14.4. The molecule has 0 spiro atoms. The second-order valence-corrected chi connectivity index (χ2v) is 9.07. The molecule has 0 atom stereocenters. The molecule has 11 heteroatoms. The lowest BCUT2D eigenvalue weighted by molar-refractivity contribution is 0.0640. The Morgan fingerprint density at radius 2 is 1.92 bits per heavy atom. The average molecular weight is 518 g/mol. The number of halogens is 6. The summed E-state index contributed by atoms with van der Waals surface area (Å²) in [7, 11) is 0. The number of alkyl halides is 2. The minimum atomic E-state index is -3.07. The molecule has 0 fully saturated rings. The molecule has 1 aromatic carbocycles. The average Bonchev–Trinajstić information content (AvgIpc) is 2.98. The Balaban J connectivity index is 2.26. The van der Waals surface area contributed by atoms with Gasteiger partial charge in [0.15, 0.2) is 5.82 Å². The third-order valence-corrected chi connectivity index (χ3v) is 6.04. The molecule has 132 valence electrons. The van der Waals surface area contributed by atoms with Gasteiger partial charge >= 0.3 is 12.2 Å². The van der Waals surface area contributed by atoms with Crippen molar-refractivity contribution < 1.29 is 13.2 Å². The normalized spacial score (nSPS) is 11.5. The molecule has 0 unspecified atom stereocenters. The van der Waals surface area contributed by atoms with Gasteiger partial charge in [0.25, 0.3) is 0 Å². The van der Waals surface area contributed by atoms with Gasteiger partial charge in [-0.25, -0.2) is 13.8 Å². The number of hydrogen-bond donors (Lipinski definition) is 0. The first-order valence-electron chi connectivity index (χ1n) is 6.61. The van der Waals surface area contributed by atoms with Crippen LogP contribution in [-0.2, 0) is 0 Å². The van der Waals surface area contributed by atoms with Crippen LogP contribution in [0.25, 0.3) is 16.8 Å². The SMILES string of the molecule is Cc1nn(-c2cc(-c3cc(Br)sc3Br)c(Cl)cc2F)c(=O)n1C(F)F. The van der Waals surface area contributed by atoms with Gasteiger partial charge in [-0.1, -0.05) is 11.6 Å². The van der Waals surface area contributed by atoms with Gasteiger partial charge in [0.2, 0.25) is 0 Å². The summed E-state index contributed by atoms with van der Waals surface area (Å²) in [6.45, 7) is -1.83. The first kappa shape index (κ1) is 18.7.